The molecule has 1 aromatic rings. The van der Waals surface area contributed by atoms with E-state index in [9.17, 15) is 14.4 Å². The lowest BCUT2D eigenvalue weighted by atomic mass is 9.98. The molecule has 0 atom stereocenters. The van der Waals surface area contributed by atoms with E-state index in [0.29, 0.717) is 18.9 Å². The lowest BCUT2D eigenvalue weighted by molar-refractivity contribution is -0.135. The number of rotatable bonds is 2. The van der Waals surface area contributed by atoms with Gasteiger partial charge in [0.05, 0.1) is 5.92 Å². The second-order valence-corrected chi connectivity index (χ2v) is 5.49. The molecule has 0 bridgehead atoms. The van der Waals surface area contributed by atoms with Gasteiger partial charge in [-0.2, -0.15) is 0 Å². The predicted octanol–water partition coefficient (Wildman–Crippen LogP) is -0.868. The first-order valence-electron chi connectivity index (χ1n) is 6.90. The van der Waals surface area contributed by atoms with Crippen LogP contribution >= 0.6 is 0 Å². The maximum Gasteiger partial charge on any atom is 0.329 e. The van der Waals surface area contributed by atoms with Crippen LogP contribution in [0.25, 0.3) is 0 Å². The zero-order chi connectivity index (χ0) is 14.3. The van der Waals surface area contributed by atoms with Crippen LogP contribution in [0.5, 0.6) is 0 Å². The third-order valence-electron chi connectivity index (χ3n) is 4.12. The molecule has 7 heteroatoms. The highest BCUT2D eigenvalue weighted by molar-refractivity contribution is 5.82. The fourth-order valence-corrected chi connectivity index (χ4v) is 2.74. The smallest absolute Gasteiger partial charge is 0.329 e. The normalized spacial score (nSPS) is 19.2. The lowest BCUT2D eigenvalue weighted by Crippen LogP contribution is -2.55. The molecule has 0 saturated carbocycles. The first-order chi connectivity index (χ1) is 9.56. The number of aromatic nitrogens is 2. The summed E-state index contributed by atoms with van der Waals surface area (Å²) in [6.45, 7) is 2.85. The van der Waals surface area contributed by atoms with E-state index < -0.39 is 5.69 Å². The van der Waals surface area contributed by atoms with Crippen molar-refractivity contribution in [3.63, 3.8) is 0 Å². The Balaban J connectivity index is 1.67. The minimum Gasteiger partial charge on any atom is -0.356 e. The van der Waals surface area contributed by atoms with Crippen LogP contribution < -0.4 is 16.1 Å². The van der Waals surface area contributed by atoms with E-state index in [2.05, 4.69) is 4.98 Å². The fraction of sp³-hybridized carbons (Fsp3) is 0.615. The second-order valence-electron chi connectivity index (χ2n) is 5.49. The van der Waals surface area contributed by atoms with Gasteiger partial charge in [0, 0.05) is 39.3 Å². The van der Waals surface area contributed by atoms with Gasteiger partial charge in [0.15, 0.2) is 0 Å². The largest absolute Gasteiger partial charge is 0.356 e. The van der Waals surface area contributed by atoms with Crippen LogP contribution in [0.4, 0.5) is 5.82 Å². The molecule has 108 valence electrons. The topological polar surface area (TPSA) is 78.4 Å². The second kappa shape index (κ2) is 4.81. The van der Waals surface area contributed by atoms with Crippen molar-refractivity contribution in [3.8, 4) is 0 Å². The summed E-state index contributed by atoms with van der Waals surface area (Å²) in [6, 6.07) is 1.40. The average Bonchev–Trinajstić information content (AvgIpc) is 2.87. The zero-order valence-electron chi connectivity index (χ0n) is 11.5. The molecular formula is C13H18N4O3. The minimum atomic E-state index is -0.429. The maximum absolute atomic E-state index is 12.2. The Labute approximate surface area is 115 Å². The quantitative estimate of drug-likeness (QED) is 0.763. The molecule has 0 radical (unpaired) electrons. The summed E-state index contributed by atoms with van der Waals surface area (Å²) in [7, 11) is 1.43. The van der Waals surface area contributed by atoms with Gasteiger partial charge in [0.25, 0.3) is 5.56 Å². The van der Waals surface area contributed by atoms with Crippen LogP contribution in [0.3, 0.4) is 0 Å². The third kappa shape index (κ3) is 2.13. The van der Waals surface area contributed by atoms with Crippen molar-refractivity contribution in [1.29, 1.82) is 0 Å². The van der Waals surface area contributed by atoms with Gasteiger partial charge in [-0.3, -0.25) is 19.1 Å². The number of nitrogens with one attached hydrogen (secondary N) is 1. The molecule has 0 aromatic carbocycles. The van der Waals surface area contributed by atoms with Crippen LogP contribution in [0, 0.1) is 5.92 Å². The van der Waals surface area contributed by atoms with E-state index in [1.165, 1.54) is 13.1 Å². The van der Waals surface area contributed by atoms with Gasteiger partial charge in [-0.25, -0.2) is 4.79 Å². The number of carbonyl (C=O) groups excluding carboxylic acids is 1. The number of anilines is 1. The van der Waals surface area contributed by atoms with Crippen LogP contribution in [0.15, 0.2) is 15.7 Å². The van der Waals surface area contributed by atoms with Crippen LogP contribution in [-0.4, -0.2) is 46.5 Å². The molecule has 1 aromatic heterocycles. The minimum absolute atomic E-state index is 0.0133. The van der Waals surface area contributed by atoms with Crippen molar-refractivity contribution in [3.05, 3.63) is 26.9 Å². The van der Waals surface area contributed by atoms with Gasteiger partial charge in [-0.15, -0.1) is 0 Å². The predicted molar refractivity (Wildman–Crippen MR) is 73.8 cm³/mol. The van der Waals surface area contributed by atoms with Crippen LogP contribution in [0.1, 0.15) is 12.8 Å². The summed E-state index contributed by atoms with van der Waals surface area (Å²) in [6.07, 6.45) is 2.18. The number of hydrogen-bond acceptors (Lipinski definition) is 4. The number of amides is 1. The SMILES string of the molecule is Cn1c(=O)cc(N2CC(C(=O)N3CCCC3)C2)[nH]c1=O. The number of H-pyrrole nitrogens is 1. The van der Waals surface area contributed by atoms with Gasteiger partial charge < -0.3 is 9.80 Å². The highest BCUT2D eigenvalue weighted by atomic mass is 16.2. The zero-order valence-corrected chi connectivity index (χ0v) is 11.5. The molecule has 20 heavy (non-hydrogen) atoms. The van der Waals surface area contributed by atoms with Crippen molar-refractivity contribution in [2.75, 3.05) is 31.1 Å². The Morgan fingerprint density at radius 2 is 1.90 bits per heavy atom. The molecule has 3 heterocycles. The Morgan fingerprint density at radius 3 is 2.50 bits per heavy atom. The summed E-state index contributed by atoms with van der Waals surface area (Å²) >= 11 is 0. The first kappa shape index (κ1) is 13.0. The maximum atomic E-state index is 12.2. The molecule has 2 saturated heterocycles. The molecule has 0 unspecified atom stereocenters. The number of hydrogen-bond donors (Lipinski definition) is 1. The number of aromatic amines is 1. The standard InChI is InChI=1S/C13H18N4O3/c1-15-11(18)6-10(14-13(15)20)17-7-9(8-17)12(19)16-4-2-3-5-16/h6,9H,2-5,7-8H2,1H3,(H,14,20). The summed E-state index contributed by atoms with van der Waals surface area (Å²) in [5, 5.41) is 0. The lowest BCUT2D eigenvalue weighted by Gasteiger charge is -2.40. The van der Waals surface area contributed by atoms with Gasteiger partial charge in [0.2, 0.25) is 5.91 Å². The van der Waals surface area contributed by atoms with Crippen molar-refractivity contribution in [2.24, 2.45) is 13.0 Å². The van der Waals surface area contributed by atoms with Gasteiger partial charge in [0.1, 0.15) is 5.82 Å². The van der Waals surface area contributed by atoms with Crippen LogP contribution in [-0.2, 0) is 11.8 Å². The Morgan fingerprint density at radius 1 is 1.25 bits per heavy atom. The van der Waals surface area contributed by atoms with E-state index in [1.807, 2.05) is 9.80 Å². The highest BCUT2D eigenvalue weighted by Gasteiger charge is 2.36. The molecule has 1 amide bonds. The van der Waals surface area contributed by atoms with E-state index >= 15 is 0 Å². The van der Waals surface area contributed by atoms with Gasteiger partial charge in [-0.05, 0) is 12.8 Å². The Kier molecular flexibility index (Phi) is 3.11. The molecule has 1 N–H and O–H groups in total. The molecule has 2 aliphatic heterocycles. The number of likely N-dealkylation sites (tertiary alicyclic amines) is 1. The molecule has 0 spiro atoms. The summed E-state index contributed by atoms with van der Waals surface area (Å²) < 4.78 is 1.02. The molecule has 2 fully saturated rings. The van der Waals surface area contributed by atoms with E-state index in [4.69, 9.17) is 0 Å². The van der Waals surface area contributed by atoms with Crippen LogP contribution in [0.2, 0.25) is 0 Å². The average molecular weight is 278 g/mol. The number of nitrogens with zero attached hydrogens (tertiary/aromatic N) is 3. The number of carbonyl (C=O) groups is 1. The molecule has 0 aliphatic carbocycles. The monoisotopic (exact) mass is 278 g/mol. The summed E-state index contributed by atoms with van der Waals surface area (Å²) in [5.41, 5.74) is -0.764. The molecule has 3 rings (SSSR count). The fourth-order valence-electron chi connectivity index (χ4n) is 2.74. The van der Waals surface area contributed by atoms with Crippen molar-refractivity contribution < 1.29 is 4.79 Å². The van der Waals surface area contributed by atoms with Crippen molar-refractivity contribution in [2.45, 2.75) is 12.8 Å². The van der Waals surface area contributed by atoms with E-state index in [-0.39, 0.29) is 17.4 Å². The summed E-state index contributed by atoms with van der Waals surface area (Å²) in [4.78, 5) is 41.7. The van der Waals surface area contributed by atoms with E-state index in [1.54, 1.807) is 0 Å². The van der Waals surface area contributed by atoms with E-state index in [0.717, 1.165) is 30.5 Å². The Bertz CT molecular complexity index is 605. The highest BCUT2D eigenvalue weighted by Crippen LogP contribution is 2.24. The molecule has 7 nitrogen and oxygen atoms in total. The van der Waals surface area contributed by atoms with Gasteiger partial charge in [-0.1, -0.05) is 0 Å². The molecule has 2 aliphatic rings. The van der Waals surface area contributed by atoms with Gasteiger partial charge >= 0.3 is 5.69 Å². The third-order valence-corrected chi connectivity index (χ3v) is 4.12. The van der Waals surface area contributed by atoms with Crippen molar-refractivity contribution >= 4 is 11.7 Å². The first-order valence-corrected chi connectivity index (χ1v) is 6.90. The molecular weight excluding hydrogens is 260 g/mol. The van der Waals surface area contributed by atoms with Crippen molar-refractivity contribution in [1.82, 2.24) is 14.5 Å². The summed E-state index contributed by atoms with van der Waals surface area (Å²) in [5.74, 6) is 0.689. The Hall–Kier alpha value is -2.05.